The molecule has 0 aromatic carbocycles. The van der Waals surface area contributed by atoms with E-state index >= 15 is 0 Å². The Morgan fingerprint density at radius 3 is 2.75 bits per heavy atom. The maximum absolute atomic E-state index is 12.4. The van der Waals surface area contributed by atoms with Crippen molar-refractivity contribution in [3.63, 3.8) is 0 Å². The summed E-state index contributed by atoms with van der Waals surface area (Å²) in [4.78, 5) is 37.1. The van der Waals surface area contributed by atoms with E-state index in [1.807, 2.05) is 6.92 Å². The second kappa shape index (κ2) is 8.64. The van der Waals surface area contributed by atoms with Crippen molar-refractivity contribution in [2.45, 2.75) is 50.1 Å². The van der Waals surface area contributed by atoms with Gasteiger partial charge in [0, 0.05) is 46.6 Å². The minimum atomic E-state index is -1.08. The fraction of sp³-hybridized carbons (Fsp3) is 0.722. The van der Waals surface area contributed by atoms with Gasteiger partial charge in [-0.2, -0.15) is 11.8 Å². The number of amides is 2. The minimum absolute atomic E-state index is 0.0867. The van der Waals surface area contributed by atoms with Crippen molar-refractivity contribution in [1.29, 1.82) is 0 Å². The zero-order valence-corrected chi connectivity index (χ0v) is 17.6. The SMILES string of the molecule is C[C@H]1C(S[C@@H]2CN[C@H](CSCCC(N)=O)C2)=C(C(=O)O)N2C(=O)[C@H]([C@@H](C)O)C12. The fourth-order valence-corrected chi connectivity index (χ4v) is 6.82. The number of carbonyl (C=O) groups excluding carboxylic acids is 2. The molecule has 2 fully saturated rings. The zero-order chi connectivity index (χ0) is 20.6. The number of fused-ring (bicyclic) bond motifs is 1. The molecule has 2 saturated heterocycles. The molecule has 3 aliphatic rings. The van der Waals surface area contributed by atoms with E-state index in [0.717, 1.165) is 23.6 Å². The molecule has 3 aliphatic heterocycles. The lowest BCUT2D eigenvalue weighted by Crippen LogP contribution is -2.63. The average molecular weight is 430 g/mol. The standard InChI is InChI=1S/C18H27N3O5S2/c1-8-14-13(9(2)22)17(24)21(14)15(18(25)26)16(8)28-11-5-10(20-6-11)7-27-4-3-12(19)23/h8-11,13-14,20,22H,3-7H2,1-2H3,(H2,19,23)(H,25,26)/t8-,9-,10+,11+,13-,14?/m1/s1. The first-order chi connectivity index (χ1) is 13.2. The summed E-state index contributed by atoms with van der Waals surface area (Å²) in [6.07, 6.45) is 0.485. The van der Waals surface area contributed by atoms with E-state index in [2.05, 4.69) is 5.32 Å². The molecular weight excluding hydrogens is 402 g/mol. The van der Waals surface area contributed by atoms with Crippen LogP contribution in [0.1, 0.15) is 26.7 Å². The van der Waals surface area contributed by atoms with Crippen LogP contribution in [0.25, 0.3) is 0 Å². The number of thioether (sulfide) groups is 2. The lowest BCUT2D eigenvalue weighted by atomic mass is 9.79. The predicted molar refractivity (Wildman–Crippen MR) is 109 cm³/mol. The number of nitrogens with one attached hydrogen (secondary N) is 1. The first kappa shape index (κ1) is 21.5. The van der Waals surface area contributed by atoms with Gasteiger partial charge >= 0.3 is 5.97 Å². The van der Waals surface area contributed by atoms with Crippen molar-refractivity contribution < 1.29 is 24.6 Å². The quantitative estimate of drug-likeness (QED) is 0.302. The number of aliphatic hydroxyl groups excluding tert-OH is 1. The number of nitrogens with two attached hydrogens (primary N) is 1. The Bertz CT molecular complexity index is 699. The van der Waals surface area contributed by atoms with Crippen molar-refractivity contribution >= 4 is 41.3 Å². The van der Waals surface area contributed by atoms with Crippen LogP contribution in [0.3, 0.4) is 0 Å². The van der Waals surface area contributed by atoms with E-state index in [4.69, 9.17) is 5.73 Å². The van der Waals surface area contributed by atoms with Gasteiger partial charge in [-0.25, -0.2) is 4.79 Å². The lowest BCUT2D eigenvalue weighted by molar-refractivity contribution is -0.163. The number of β-lactam (4-membered cyclic amide) rings is 1. The molecule has 3 heterocycles. The van der Waals surface area contributed by atoms with Crippen molar-refractivity contribution in [1.82, 2.24) is 10.2 Å². The Balaban J connectivity index is 1.61. The number of aliphatic carboxylic acids is 1. The van der Waals surface area contributed by atoms with Gasteiger partial charge in [0.25, 0.3) is 0 Å². The molecule has 156 valence electrons. The molecule has 2 amide bonds. The Morgan fingerprint density at radius 1 is 1.43 bits per heavy atom. The van der Waals surface area contributed by atoms with Crippen LogP contribution in [0.5, 0.6) is 0 Å². The minimum Gasteiger partial charge on any atom is -0.477 e. The van der Waals surface area contributed by atoms with Crippen LogP contribution in [0.15, 0.2) is 10.6 Å². The zero-order valence-electron chi connectivity index (χ0n) is 16.0. The van der Waals surface area contributed by atoms with Crippen LogP contribution >= 0.6 is 23.5 Å². The van der Waals surface area contributed by atoms with Gasteiger partial charge in [0.15, 0.2) is 0 Å². The van der Waals surface area contributed by atoms with Gasteiger partial charge in [-0.15, -0.1) is 11.8 Å². The van der Waals surface area contributed by atoms with Crippen LogP contribution in [-0.2, 0) is 14.4 Å². The Morgan fingerprint density at radius 2 is 2.14 bits per heavy atom. The highest BCUT2D eigenvalue weighted by atomic mass is 32.2. The van der Waals surface area contributed by atoms with Crippen LogP contribution in [-0.4, -0.2) is 74.4 Å². The first-order valence-electron chi connectivity index (χ1n) is 9.47. The molecule has 6 atom stereocenters. The third-order valence-corrected chi connectivity index (χ3v) is 8.24. The highest BCUT2D eigenvalue weighted by molar-refractivity contribution is 8.03. The van der Waals surface area contributed by atoms with Gasteiger partial charge < -0.3 is 26.2 Å². The number of hydrogen-bond donors (Lipinski definition) is 4. The molecule has 10 heteroatoms. The summed E-state index contributed by atoms with van der Waals surface area (Å²) in [5.74, 6) is -0.723. The number of primary amides is 1. The van der Waals surface area contributed by atoms with E-state index in [9.17, 15) is 24.6 Å². The third-order valence-electron chi connectivity index (χ3n) is 5.60. The number of carboxylic acid groups (broad SMARTS) is 1. The monoisotopic (exact) mass is 429 g/mol. The second-order valence-corrected chi connectivity index (χ2v) is 10.1. The van der Waals surface area contributed by atoms with E-state index in [0.29, 0.717) is 18.2 Å². The number of carboxylic acids is 1. The lowest BCUT2D eigenvalue weighted by Gasteiger charge is -2.46. The first-order valence-corrected chi connectivity index (χ1v) is 11.5. The number of carbonyl (C=O) groups is 3. The highest BCUT2D eigenvalue weighted by Crippen LogP contribution is 2.51. The summed E-state index contributed by atoms with van der Waals surface area (Å²) in [6.45, 7) is 4.30. The van der Waals surface area contributed by atoms with E-state index < -0.39 is 18.0 Å². The van der Waals surface area contributed by atoms with Crippen LogP contribution in [0.4, 0.5) is 0 Å². The molecule has 1 unspecified atom stereocenters. The summed E-state index contributed by atoms with van der Waals surface area (Å²) >= 11 is 3.23. The molecule has 0 spiro atoms. The number of aliphatic hydroxyl groups is 1. The van der Waals surface area contributed by atoms with E-state index in [-0.39, 0.29) is 34.7 Å². The van der Waals surface area contributed by atoms with E-state index in [1.54, 1.807) is 30.4 Å². The average Bonchev–Trinajstić information content (AvgIpc) is 3.14. The number of hydrogen-bond acceptors (Lipinski definition) is 7. The third kappa shape index (κ3) is 4.05. The van der Waals surface area contributed by atoms with Crippen LogP contribution < -0.4 is 11.1 Å². The summed E-state index contributed by atoms with van der Waals surface area (Å²) < 4.78 is 0. The molecule has 5 N–H and O–H groups in total. The summed E-state index contributed by atoms with van der Waals surface area (Å²) in [6, 6.07) is 0.0421. The van der Waals surface area contributed by atoms with Gasteiger partial charge in [-0.3, -0.25) is 9.59 Å². The molecule has 0 radical (unpaired) electrons. The maximum atomic E-state index is 12.4. The molecule has 28 heavy (non-hydrogen) atoms. The second-order valence-electron chi connectivity index (χ2n) is 7.64. The Labute approximate surface area is 172 Å². The van der Waals surface area contributed by atoms with Crippen molar-refractivity contribution in [2.24, 2.45) is 17.6 Å². The number of rotatable bonds is 9. The van der Waals surface area contributed by atoms with Gasteiger partial charge in [-0.05, 0) is 13.3 Å². The van der Waals surface area contributed by atoms with Crippen LogP contribution in [0.2, 0.25) is 0 Å². The topological polar surface area (TPSA) is 133 Å². The number of nitrogens with zero attached hydrogens (tertiary/aromatic N) is 1. The smallest absolute Gasteiger partial charge is 0.353 e. The largest absolute Gasteiger partial charge is 0.477 e. The van der Waals surface area contributed by atoms with Crippen molar-refractivity contribution in [3.05, 3.63) is 10.6 Å². The van der Waals surface area contributed by atoms with Gasteiger partial charge in [0.1, 0.15) is 5.70 Å². The molecule has 0 aromatic rings. The Hall–Kier alpha value is -1.23. The van der Waals surface area contributed by atoms with Gasteiger partial charge in [-0.1, -0.05) is 6.92 Å². The molecule has 0 bridgehead atoms. The van der Waals surface area contributed by atoms with Crippen molar-refractivity contribution in [3.8, 4) is 0 Å². The van der Waals surface area contributed by atoms with Gasteiger partial charge in [0.2, 0.25) is 11.8 Å². The molecule has 0 saturated carbocycles. The molecule has 0 aliphatic carbocycles. The summed E-state index contributed by atoms with van der Waals surface area (Å²) in [5, 5.41) is 23.3. The summed E-state index contributed by atoms with van der Waals surface area (Å²) in [5.41, 5.74) is 5.24. The molecular formula is C18H27N3O5S2. The summed E-state index contributed by atoms with van der Waals surface area (Å²) in [7, 11) is 0. The van der Waals surface area contributed by atoms with Gasteiger partial charge in [0.05, 0.1) is 18.1 Å². The van der Waals surface area contributed by atoms with Crippen LogP contribution in [0, 0.1) is 11.8 Å². The molecule has 8 nitrogen and oxygen atoms in total. The Kier molecular flexibility index (Phi) is 6.63. The van der Waals surface area contributed by atoms with E-state index in [1.165, 1.54) is 4.90 Å². The molecule has 0 aromatic heterocycles. The molecule has 3 rings (SSSR count). The normalized spacial score (nSPS) is 33.0. The van der Waals surface area contributed by atoms with Crippen molar-refractivity contribution in [2.75, 3.05) is 18.1 Å². The maximum Gasteiger partial charge on any atom is 0.353 e. The predicted octanol–water partition coefficient (Wildman–Crippen LogP) is 0.212. The fourth-order valence-electron chi connectivity index (χ4n) is 4.26. The highest BCUT2D eigenvalue weighted by Gasteiger charge is 2.60.